The molecule has 1 aromatic rings. The maximum atomic E-state index is 6.17. The Hall–Kier alpha value is -0.670. The van der Waals surface area contributed by atoms with Crippen molar-refractivity contribution >= 4 is 34.8 Å². The van der Waals surface area contributed by atoms with Gasteiger partial charge in [0, 0.05) is 13.1 Å². The molecule has 0 saturated heterocycles. The van der Waals surface area contributed by atoms with Gasteiger partial charge in [0.15, 0.2) is 0 Å². The van der Waals surface area contributed by atoms with Crippen LogP contribution in [0, 0.1) is 5.92 Å². The molecular formula is C13H19Cl2N3. The van der Waals surface area contributed by atoms with Crippen molar-refractivity contribution in [1.29, 1.82) is 0 Å². The molecule has 1 aromatic heterocycles. The monoisotopic (exact) mass is 287 g/mol. The van der Waals surface area contributed by atoms with Crippen molar-refractivity contribution in [1.82, 2.24) is 4.98 Å². The number of halogens is 2. The predicted molar refractivity (Wildman–Crippen MR) is 78.8 cm³/mol. The van der Waals surface area contributed by atoms with Gasteiger partial charge in [0.05, 0.1) is 10.0 Å². The number of nitrogens with zero attached hydrogens (tertiary/aromatic N) is 1. The van der Waals surface area contributed by atoms with E-state index in [0.29, 0.717) is 21.9 Å². The maximum absolute atomic E-state index is 6.17. The van der Waals surface area contributed by atoms with Gasteiger partial charge in [0.1, 0.15) is 11.6 Å². The van der Waals surface area contributed by atoms with Crippen LogP contribution in [0.3, 0.4) is 0 Å². The zero-order valence-electron chi connectivity index (χ0n) is 10.8. The van der Waals surface area contributed by atoms with Crippen LogP contribution in [0.1, 0.15) is 32.6 Å². The summed E-state index contributed by atoms with van der Waals surface area (Å²) in [7, 11) is 1.80. The SMILES string of the molecule is CNc1nc(NC2CCC(C)CC2)c(Cl)cc1Cl. The van der Waals surface area contributed by atoms with Crippen molar-refractivity contribution < 1.29 is 0 Å². The van der Waals surface area contributed by atoms with Crippen molar-refractivity contribution in [3.63, 3.8) is 0 Å². The highest BCUT2D eigenvalue weighted by molar-refractivity contribution is 6.37. The van der Waals surface area contributed by atoms with E-state index in [4.69, 9.17) is 23.2 Å². The van der Waals surface area contributed by atoms with E-state index in [-0.39, 0.29) is 0 Å². The summed E-state index contributed by atoms with van der Waals surface area (Å²) in [6, 6.07) is 2.20. The summed E-state index contributed by atoms with van der Waals surface area (Å²) in [5.74, 6) is 2.22. The molecule has 18 heavy (non-hydrogen) atoms. The van der Waals surface area contributed by atoms with Crippen LogP contribution < -0.4 is 10.6 Å². The topological polar surface area (TPSA) is 37.0 Å². The van der Waals surface area contributed by atoms with Gasteiger partial charge >= 0.3 is 0 Å². The maximum Gasteiger partial charge on any atom is 0.147 e. The molecule has 2 N–H and O–H groups in total. The molecule has 0 amide bonds. The second kappa shape index (κ2) is 5.98. The molecule has 5 heteroatoms. The summed E-state index contributed by atoms with van der Waals surface area (Å²) in [6.45, 7) is 2.31. The molecule has 0 aromatic carbocycles. The van der Waals surface area contributed by atoms with Gasteiger partial charge in [0.25, 0.3) is 0 Å². The van der Waals surface area contributed by atoms with Gasteiger partial charge in [-0.05, 0) is 37.7 Å². The minimum absolute atomic E-state index is 0.470. The summed E-state index contributed by atoms with van der Waals surface area (Å²) in [5.41, 5.74) is 0. The molecule has 1 aliphatic rings. The molecule has 1 saturated carbocycles. The zero-order valence-corrected chi connectivity index (χ0v) is 12.3. The van der Waals surface area contributed by atoms with E-state index in [0.717, 1.165) is 11.7 Å². The normalized spacial score (nSPS) is 23.8. The standard InChI is InChI=1S/C13H19Cl2N3/c1-8-3-5-9(6-4-8)17-13-11(15)7-10(14)12(16-2)18-13/h7-9H,3-6H2,1-2H3,(H2,16,17,18). The first-order chi connectivity index (χ1) is 8.60. The molecule has 0 aliphatic heterocycles. The Morgan fingerprint density at radius 3 is 2.33 bits per heavy atom. The van der Waals surface area contributed by atoms with Crippen molar-refractivity contribution in [2.45, 2.75) is 38.6 Å². The Morgan fingerprint density at radius 2 is 1.72 bits per heavy atom. The highest BCUT2D eigenvalue weighted by Crippen LogP contribution is 2.31. The van der Waals surface area contributed by atoms with Crippen LogP contribution in [0.5, 0.6) is 0 Å². The highest BCUT2D eigenvalue weighted by Gasteiger charge is 2.19. The highest BCUT2D eigenvalue weighted by atomic mass is 35.5. The minimum atomic E-state index is 0.470. The lowest BCUT2D eigenvalue weighted by molar-refractivity contribution is 0.361. The van der Waals surface area contributed by atoms with Crippen LogP contribution in [0.25, 0.3) is 0 Å². The van der Waals surface area contributed by atoms with Gasteiger partial charge in [0.2, 0.25) is 0 Å². The number of anilines is 2. The van der Waals surface area contributed by atoms with Crippen LogP contribution in [-0.4, -0.2) is 18.1 Å². The Labute approximate surface area is 118 Å². The van der Waals surface area contributed by atoms with Gasteiger partial charge in [-0.2, -0.15) is 0 Å². The number of nitrogens with one attached hydrogen (secondary N) is 2. The molecule has 100 valence electrons. The molecule has 3 nitrogen and oxygen atoms in total. The molecule has 0 unspecified atom stereocenters. The second-order valence-electron chi connectivity index (χ2n) is 5.00. The number of aromatic nitrogens is 1. The Bertz CT molecular complexity index is 415. The lowest BCUT2D eigenvalue weighted by Gasteiger charge is -2.27. The van der Waals surface area contributed by atoms with E-state index in [2.05, 4.69) is 22.5 Å². The van der Waals surface area contributed by atoms with Crippen LogP contribution >= 0.6 is 23.2 Å². The molecule has 0 radical (unpaired) electrons. The van der Waals surface area contributed by atoms with Crippen molar-refractivity contribution in [2.75, 3.05) is 17.7 Å². The van der Waals surface area contributed by atoms with E-state index < -0.39 is 0 Å². The first-order valence-electron chi connectivity index (χ1n) is 6.40. The third-order valence-electron chi connectivity index (χ3n) is 3.52. The van der Waals surface area contributed by atoms with Gasteiger partial charge in [-0.1, -0.05) is 30.1 Å². The Morgan fingerprint density at radius 1 is 1.11 bits per heavy atom. The fourth-order valence-corrected chi connectivity index (χ4v) is 2.85. The van der Waals surface area contributed by atoms with Gasteiger partial charge in [-0.25, -0.2) is 4.98 Å². The van der Waals surface area contributed by atoms with Crippen molar-refractivity contribution in [2.24, 2.45) is 5.92 Å². The van der Waals surface area contributed by atoms with Crippen LogP contribution in [0.2, 0.25) is 10.0 Å². The largest absolute Gasteiger partial charge is 0.372 e. The predicted octanol–water partition coefficient (Wildman–Crippen LogP) is 4.42. The number of pyridine rings is 1. The molecule has 0 spiro atoms. The van der Waals surface area contributed by atoms with E-state index in [1.54, 1.807) is 13.1 Å². The van der Waals surface area contributed by atoms with Crippen LogP contribution in [-0.2, 0) is 0 Å². The third kappa shape index (κ3) is 3.21. The minimum Gasteiger partial charge on any atom is -0.372 e. The first kappa shape index (κ1) is 13.8. The number of rotatable bonds is 3. The first-order valence-corrected chi connectivity index (χ1v) is 7.16. The van der Waals surface area contributed by atoms with Crippen LogP contribution in [0.4, 0.5) is 11.6 Å². The number of hydrogen-bond donors (Lipinski definition) is 2. The Balaban J connectivity index is 2.09. The fourth-order valence-electron chi connectivity index (χ4n) is 2.34. The quantitative estimate of drug-likeness (QED) is 0.864. The Kier molecular flexibility index (Phi) is 4.57. The summed E-state index contributed by atoms with van der Waals surface area (Å²) in [5, 5.41) is 7.52. The lowest BCUT2D eigenvalue weighted by Crippen LogP contribution is -2.25. The summed E-state index contributed by atoms with van der Waals surface area (Å²) in [4.78, 5) is 4.42. The lowest BCUT2D eigenvalue weighted by atomic mass is 9.87. The van der Waals surface area contributed by atoms with E-state index in [1.165, 1.54) is 25.7 Å². The van der Waals surface area contributed by atoms with Gasteiger partial charge in [-0.15, -0.1) is 0 Å². The summed E-state index contributed by atoms with van der Waals surface area (Å²) >= 11 is 12.2. The van der Waals surface area contributed by atoms with E-state index in [1.807, 2.05) is 0 Å². The van der Waals surface area contributed by atoms with Crippen molar-refractivity contribution in [3.8, 4) is 0 Å². The van der Waals surface area contributed by atoms with Crippen LogP contribution in [0.15, 0.2) is 6.07 Å². The number of hydrogen-bond acceptors (Lipinski definition) is 3. The fraction of sp³-hybridized carbons (Fsp3) is 0.615. The van der Waals surface area contributed by atoms with Gasteiger partial charge in [-0.3, -0.25) is 0 Å². The molecule has 0 bridgehead atoms. The molecule has 1 fully saturated rings. The van der Waals surface area contributed by atoms with E-state index >= 15 is 0 Å². The second-order valence-corrected chi connectivity index (χ2v) is 5.81. The smallest absolute Gasteiger partial charge is 0.147 e. The average molecular weight is 288 g/mol. The summed E-state index contributed by atoms with van der Waals surface area (Å²) in [6.07, 6.45) is 4.89. The zero-order chi connectivity index (χ0) is 13.1. The van der Waals surface area contributed by atoms with E-state index in [9.17, 15) is 0 Å². The molecule has 0 atom stereocenters. The molecule has 2 rings (SSSR count). The average Bonchev–Trinajstić information content (AvgIpc) is 2.35. The molecule has 1 heterocycles. The van der Waals surface area contributed by atoms with Gasteiger partial charge < -0.3 is 10.6 Å². The van der Waals surface area contributed by atoms with Crippen molar-refractivity contribution in [3.05, 3.63) is 16.1 Å². The third-order valence-corrected chi connectivity index (χ3v) is 4.10. The molecule has 1 aliphatic carbocycles. The summed E-state index contributed by atoms with van der Waals surface area (Å²) < 4.78 is 0. The molecular weight excluding hydrogens is 269 g/mol.